The number of fused-ring (bicyclic) bond motifs is 1. The van der Waals surface area contributed by atoms with E-state index in [-0.39, 0.29) is 30.1 Å². The van der Waals surface area contributed by atoms with Crippen LogP contribution in [0.4, 0.5) is 10.2 Å². The summed E-state index contributed by atoms with van der Waals surface area (Å²) < 4.78 is 15.8. The predicted octanol–water partition coefficient (Wildman–Crippen LogP) is 3.08. The lowest BCUT2D eigenvalue weighted by Gasteiger charge is -2.24. The monoisotopic (exact) mass is 273 g/mol. The highest BCUT2D eigenvalue weighted by Crippen LogP contribution is 2.38. The van der Waals surface area contributed by atoms with Gasteiger partial charge >= 0.3 is 0 Å². The van der Waals surface area contributed by atoms with Gasteiger partial charge in [0.15, 0.2) is 0 Å². The number of hydrogen-bond acceptors (Lipinski definition) is 2. The number of nitrogens with zero attached hydrogens (tertiary/aromatic N) is 2. The van der Waals surface area contributed by atoms with Crippen molar-refractivity contribution in [1.82, 2.24) is 9.78 Å². The molecule has 104 valence electrons. The highest BCUT2D eigenvalue weighted by atomic mass is 19.1. The van der Waals surface area contributed by atoms with Crippen LogP contribution in [0.1, 0.15) is 43.4 Å². The molecule has 1 aromatic carbocycles. The zero-order chi connectivity index (χ0) is 14.3. The number of carbonyl (C=O) groups excluding carboxylic acids is 1. The molecule has 0 bridgehead atoms. The number of hydrogen-bond donors (Lipinski definition) is 1. The summed E-state index contributed by atoms with van der Waals surface area (Å²) in [5, 5.41) is 7.16. The minimum absolute atomic E-state index is 0.104. The van der Waals surface area contributed by atoms with Crippen LogP contribution < -0.4 is 5.32 Å². The van der Waals surface area contributed by atoms with E-state index in [4.69, 9.17) is 0 Å². The quantitative estimate of drug-likeness (QED) is 0.914. The van der Waals surface area contributed by atoms with Crippen molar-refractivity contribution in [2.75, 3.05) is 5.32 Å². The molecule has 0 aliphatic carbocycles. The van der Waals surface area contributed by atoms with Gasteiger partial charge in [-0.2, -0.15) is 5.10 Å². The Kier molecular flexibility index (Phi) is 3.04. The SMILES string of the molecule is CC(C)n1ncc2c1NC(=O)C[C@H]2c1ccccc1F. The first kappa shape index (κ1) is 12.8. The summed E-state index contributed by atoms with van der Waals surface area (Å²) in [5.41, 5.74) is 1.43. The van der Waals surface area contributed by atoms with E-state index in [1.807, 2.05) is 13.8 Å². The summed E-state index contributed by atoms with van der Waals surface area (Å²) in [6.45, 7) is 3.98. The van der Waals surface area contributed by atoms with Gasteiger partial charge in [0.25, 0.3) is 0 Å². The second kappa shape index (κ2) is 4.74. The largest absolute Gasteiger partial charge is 0.311 e. The Labute approximate surface area is 116 Å². The lowest BCUT2D eigenvalue weighted by atomic mass is 9.87. The molecule has 4 nitrogen and oxygen atoms in total. The van der Waals surface area contributed by atoms with Gasteiger partial charge in [-0.15, -0.1) is 0 Å². The van der Waals surface area contributed by atoms with Crippen molar-refractivity contribution >= 4 is 11.7 Å². The van der Waals surface area contributed by atoms with Crippen LogP contribution >= 0.6 is 0 Å². The Morgan fingerprint density at radius 1 is 1.35 bits per heavy atom. The standard InChI is InChI=1S/C15H16FN3O/c1-9(2)19-15-12(8-17-19)11(7-14(20)18-15)10-5-3-4-6-13(10)16/h3-6,8-9,11H,7H2,1-2H3,(H,18,20)/t11-/m0/s1. The maximum Gasteiger partial charge on any atom is 0.226 e. The van der Waals surface area contributed by atoms with Gasteiger partial charge in [0.2, 0.25) is 5.91 Å². The summed E-state index contributed by atoms with van der Waals surface area (Å²) >= 11 is 0. The maximum absolute atomic E-state index is 14.0. The Balaban J connectivity index is 2.12. The van der Waals surface area contributed by atoms with E-state index in [9.17, 15) is 9.18 Å². The molecule has 1 aliphatic rings. The molecule has 0 radical (unpaired) electrons. The van der Waals surface area contributed by atoms with Gasteiger partial charge in [0.1, 0.15) is 11.6 Å². The van der Waals surface area contributed by atoms with Crippen LogP contribution in [0.25, 0.3) is 0 Å². The number of halogens is 1. The molecule has 20 heavy (non-hydrogen) atoms. The van der Waals surface area contributed by atoms with Crippen LogP contribution in [0.15, 0.2) is 30.5 Å². The fourth-order valence-corrected chi connectivity index (χ4v) is 2.67. The molecule has 1 atom stereocenters. The molecule has 2 aromatic rings. The third kappa shape index (κ3) is 1.99. The predicted molar refractivity (Wildman–Crippen MR) is 74.1 cm³/mol. The third-order valence-corrected chi connectivity index (χ3v) is 3.62. The van der Waals surface area contributed by atoms with Crippen molar-refractivity contribution in [1.29, 1.82) is 0 Å². The summed E-state index contributed by atoms with van der Waals surface area (Å²) in [6, 6.07) is 6.74. The highest BCUT2D eigenvalue weighted by Gasteiger charge is 2.31. The molecular formula is C15H16FN3O. The third-order valence-electron chi connectivity index (χ3n) is 3.62. The van der Waals surface area contributed by atoms with E-state index < -0.39 is 0 Å². The van der Waals surface area contributed by atoms with Gasteiger partial charge in [-0.3, -0.25) is 4.79 Å². The van der Waals surface area contributed by atoms with Gasteiger partial charge in [0.05, 0.1) is 6.20 Å². The molecule has 0 fully saturated rings. The lowest BCUT2D eigenvalue weighted by Crippen LogP contribution is -2.25. The van der Waals surface area contributed by atoms with Crippen LogP contribution in [-0.4, -0.2) is 15.7 Å². The van der Waals surface area contributed by atoms with Crippen LogP contribution in [-0.2, 0) is 4.79 Å². The van der Waals surface area contributed by atoms with Gasteiger partial charge < -0.3 is 5.32 Å². The molecule has 1 amide bonds. The zero-order valence-corrected chi connectivity index (χ0v) is 11.4. The Morgan fingerprint density at radius 2 is 2.10 bits per heavy atom. The smallest absolute Gasteiger partial charge is 0.226 e. The van der Waals surface area contributed by atoms with Crippen molar-refractivity contribution in [3.05, 3.63) is 47.4 Å². The number of aromatic nitrogens is 2. The maximum atomic E-state index is 14.0. The minimum Gasteiger partial charge on any atom is -0.311 e. The lowest BCUT2D eigenvalue weighted by molar-refractivity contribution is -0.116. The Morgan fingerprint density at radius 3 is 2.80 bits per heavy atom. The number of benzene rings is 1. The molecule has 1 N–H and O–H groups in total. The molecule has 0 spiro atoms. The van der Waals surface area contributed by atoms with Gasteiger partial charge in [0, 0.05) is 23.9 Å². The van der Waals surface area contributed by atoms with E-state index in [1.165, 1.54) is 6.07 Å². The van der Waals surface area contributed by atoms with Gasteiger partial charge in [-0.25, -0.2) is 9.07 Å². The molecule has 3 rings (SSSR count). The average molecular weight is 273 g/mol. The van der Waals surface area contributed by atoms with E-state index in [1.54, 1.807) is 29.1 Å². The van der Waals surface area contributed by atoms with Crippen LogP contribution in [0.2, 0.25) is 0 Å². The van der Waals surface area contributed by atoms with Crippen molar-refractivity contribution in [3.63, 3.8) is 0 Å². The van der Waals surface area contributed by atoms with E-state index in [0.29, 0.717) is 11.4 Å². The van der Waals surface area contributed by atoms with Crippen molar-refractivity contribution in [2.45, 2.75) is 32.2 Å². The molecule has 1 aliphatic heterocycles. The second-order valence-corrected chi connectivity index (χ2v) is 5.31. The van der Waals surface area contributed by atoms with E-state index in [0.717, 1.165) is 5.56 Å². The topological polar surface area (TPSA) is 46.9 Å². The Hall–Kier alpha value is -2.17. The molecule has 5 heteroatoms. The average Bonchev–Trinajstić information content (AvgIpc) is 2.82. The normalized spacial score (nSPS) is 18.0. The first-order chi connectivity index (χ1) is 9.58. The van der Waals surface area contributed by atoms with Gasteiger partial charge in [-0.05, 0) is 25.5 Å². The fraction of sp³-hybridized carbons (Fsp3) is 0.333. The fourth-order valence-electron chi connectivity index (χ4n) is 2.67. The molecule has 2 heterocycles. The van der Waals surface area contributed by atoms with Crippen molar-refractivity contribution in [3.8, 4) is 0 Å². The molecule has 0 unspecified atom stereocenters. The summed E-state index contributed by atoms with van der Waals surface area (Å²) in [5.74, 6) is 0.0283. The molecular weight excluding hydrogens is 257 g/mol. The van der Waals surface area contributed by atoms with Crippen LogP contribution in [0.3, 0.4) is 0 Å². The first-order valence-corrected chi connectivity index (χ1v) is 6.69. The number of nitrogens with one attached hydrogen (secondary N) is 1. The highest BCUT2D eigenvalue weighted by molar-refractivity contribution is 5.94. The summed E-state index contributed by atoms with van der Waals surface area (Å²) in [4.78, 5) is 11.9. The van der Waals surface area contributed by atoms with Crippen molar-refractivity contribution < 1.29 is 9.18 Å². The second-order valence-electron chi connectivity index (χ2n) is 5.31. The van der Waals surface area contributed by atoms with E-state index >= 15 is 0 Å². The van der Waals surface area contributed by atoms with Gasteiger partial charge in [-0.1, -0.05) is 18.2 Å². The molecule has 1 aromatic heterocycles. The number of amides is 1. The summed E-state index contributed by atoms with van der Waals surface area (Å²) in [6.07, 6.45) is 1.98. The number of anilines is 1. The van der Waals surface area contributed by atoms with Crippen molar-refractivity contribution in [2.24, 2.45) is 0 Å². The van der Waals surface area contributed by atoms with Crippen LogP contribution in [0.5, 0.6) is 0 Å². The number of rotatable bonds is 2. The summed E-state index contributed by atoms with van der Waals surface area (Å²) in [7, 11) is 0. The zero-order valence-electron chi connectivity index (χ0n) is 11.4. The van der Waals surface area contributed by atoms with E-state index in [2.05, 4.69) is 10.4 Å². The van der Waals surface area contributed by atoms with Crippen LogP contribution in [0, 0.1) is 5.82 Å². The first-order valence-electron chi connectivity index (χ1n) is 6.69. The molecule has 0 saturated carbocycles. The minimum atomic E-state index is -0.282. The molecule has 0 saturated heterocycles. The Bertz CT molecular complexity index is 663. The number of carbonyl (C=O) groups is 1.